The fourth-order valence-corrected chi connectivity index (χ4v) is 2.60. The highest BCUT2D eigenvalue weighted by atomic mass is 32.2. The van der Waals surface area contributed by atoms with Crippen molar-refractivity contribution in [2.45, 2.75) is 0 Å². The minimum Gasteiger partial charge on any atom is -0.287 e. The fourth-order valence-electron chi connectivity index (χ4n) is 1.14. The lowest BCUT2D eigenvalue weighted by atomic mass is 10.5. The zero-order valence-corrected chi connectivity index (χ0v) is 9.55. The molecule has 6 heteroatoms. The molecule has 1 aromatic rings. The van der Waals surface area contributed by atoms with Gasteiger partial charge in [0.25, 0.3) is 0 Å². The van der Waals surface area contributed by atoms with Gasteiger partial charge >= 0.3 is 0 Å². The Bertz CT molecular complexity index is 399. The van der Waals surface area contributed by atoms with Crippen LogP contribution in [0.15, 0.2) is 29.2 Å². The molecule has 0 spiro atoms. The Hall–Kier alpha value is -1.14. The quantitative estimate of drug-likeness (QED) is 0.757. The molecule has 0 bridgehead atoms. The van der Waals surface area contributed by atoms with Crippen molar-refractivity contribution in [2.75, 3.05) is 12.3 Å². The first-order valence-electron chi connectivity index (χ1n) is 4.33. The molecule has 15 heavy (non-hydrogen) atoms. The predicted molar refractivity (Wildman–Crippen MR) is 63.6 cm³/mol. The molecular formula is C9H9N3OS2. The first kappa shape index (κ1) is 10.4. The number of aromatic nitrogens is 1. The summed E-state index contributed by atoms with van der Waals surface area (Å²) in [6.07, 6.45) is 3.39. The Kier molecular flexibility index (Phi) is 3.17. The number of thiazole rings is 1. The van der Waals surface area contributed by atoms with Gasteiger partial charge in [-0.3, -0.25) is 9.69 Å². The predicted octanol–water partition coefficient (Wildman–Crippen LogP) is 1.89. The molecule has 0 aromatic carbocycles. The highest BCUT2D eigenvalue weighted by Crippen LogP contribution is 2.24. The van der Waals surface area contributed by atoms with Gasteiger partial charge in [-0.05, 0) is 0 Å². The highest BCUT2D eigenvalue weighted by molar-refractivity contribution is 8.15. The second-order valence-electron chi connectivity index (χ2n) is 2.79. The number of carbonyl (C=O) groups is 1. The number of amidine groups is 1. The standard InChI is InChI=1S/C9H9N3OS2/c1-2-4-12-7(13)6-15-9(12)11-8-10-3-5-14-8/h2-3,5H,1,4,6H2/b11-9-. The molecule has 0 unspecified atom stereocenters. The van der Waals surface area contributed by atoms with Gasteiger partial charge in [0, 0.05) is 18.1 Å². The van der Waals surface area contributed by atoms with Crippen LogP contribution < -0.4 is 0 Å². The van der Waals surface area contributed by atoms with E-state index in [-0.39, 0.29) is 5.91 Å². The largest absolute Gasteiger partial charge is 0.287 e. The summed E-state index contributed by atoms with van der Waals surface area (Å²) in [5.41, 5.74) is 0. The third-order valence-corrected chi connectivity index (χ3v) is 3.41. The third kappa shape index (κ3) is 2.27. The van der Waals surface area contributed by atoms with Gasteiger partial charge in [0.2, 0.25) is 11.0 Å². The molecule has 4 nitrogen and oxygen atoms in total. The van der Waals surface area contributed by atoms with E-state index in [2.05, 4.69) is 16.6 Å². The second kappa shape index (κ2) is 4.59. The Morgan fingerprint density at radius 1 is 1.73 bits per heavy atom. The molecule has 0 aliphatic carbocycles. The Labute approximate surface area is 95.7 Å². The van der Waals surface area contributed by atoms with Gasteiger partial charge in [-0.25, -0.2) is 4.98 Å². The third-order valence-electron chi connectivity index (χ3n) is 1.78. The summed E-state index contributed by atoms with van der Waals surface area (Å²) < 4.78 is 0. The van der Waals surface area contributed by atoms with Crippen molar-refractivity contribution in [1.82, 2.24) is 9.88 Å². The van der Waals surface area contributed by atoms with Gasteiger partial charge in [-0.1, -0.05) is 17.8 Å². The van der Waals surface area contributed by atoms with Gasteiger partial charge in [-0.15, -0.1) is 17.9 Å². The molecule has 0 N–H and O–H groups in total. The van der Waals surface area contributed by atoms with Crippen molar-refractivity contribution >= 4 is 39.3 Å². The second-order valence-corrected chi connectivity index (χ2v) is 4.61. The van der Waals surface area contributed by atoms with Crippen molar-refractivity contribution in [3.8, 4) is 0 Å². The van der Waals surface area contributed by atoms with Crippen molar-refractivity contribution in [3.05, 3.63) is 24.2 Å². The summed E-state index contributed by atoms with van der Waals surface area (Å²) >= 11 is 2.90. The van der Waals surface area contributed by atoms with Crippen LogP contribution in [0, 0.1) is 0 Å². The first-order chi connectivity index (χ1) is 7.31. The molecule has 0 saturated carbocycles. The Balaban J connectivity index is 2.21. The lowest BCUT2D eigenvalue weighted by molar-refractivity contribution is -0.123. The zero-order chi connectivity index (χ0) is 10.7. The molecule has 1 aromatic heterocycles. The molecule has 1 aliphatic rings. The van der Waals surface area contributed by atoms with E-state index in [1.807, 2.05) is 5.38 Å². The van der Waals surface area contributed by atoms with Crippen LogP contribution in [0.3, 0.4) is 0 Å². The van der Waals surface area contributed by atoms with E-state index in [9.17, 15) is 4.79 Å². The Morgan fingerprint density at radius 2 is 2.60 bits per heavy atom. The lowest BCUT2D eigenvalue weighted by Crippen LogP contribution is -2.29. The number of rotatable bonds is 3. The molecule has 1 aliphatic heterocycles. The van der Waals surface area contributed by atoms with Crippen LogP contribution in [0.4, 0.5) is 5.13 Å². The summed E-state index contributed by atoms with van der Waals surface area (Å²) in [4.78, 5) is 21.5. The minimum atomic E-state index is 0.0789. The molecule has 78 valence electrons. The topological polar surface area (TPSA) is 45.6 Å². The number of nitrogens with zero attached hydrogens (tertiary/aromatic N) is 3. The monoisotopic (exact) mass is 239 g/mol. The van der Waals surface area contributed by atoms with E-state index in [1.54, 1.807) is 17.2 Å². The van der Waals surface area contributed by atoms with E-state index in [4.69, 9.17) is 0 Å². The van der Waals surface area contributed by atoms with Crippen molar-refractivity contribution in [2.24, 2.45) is 4.99 Å². The van der Waals surface area contributed by atoms with Crippen LogP contribution in [0.5, 0.6) is 0 Å². The van der Waals surface area contributed by atoms with E-state index in [1.165, 1.54) is 23.1 Å². The lowest BCUT2D eigenvalue weighted by Gasteiger charge is -2.11. The van der Waals surface area contributed by atoms with Crippen LogP contribution in [-0.4, -0.2) is 33.3 Å². The van der Waals surface area contributed by atoms with E-state index in [0.717, 1.165) is 5.17 Å². The molecule has 1 amide bonds. The van der Waals surface area contributed by atoms with Crippen LogP contribution >= 0.6 is 23.1 Å². The van der Waals surface area contributed by atoms with Gasteiger partial charge in [0.05, 0.1) is 5.75 Å². The van der Waals surface area contributed by atoms with Crippen molar-refractivity contribution in [3.63, 3.8) is 0 Å². The fraction of sp³-hybridized carbons (Fsp3) is 0.222. The van der Waals surface area contributed by atoms with Crippen LogP contribution in [-0.2, 0) is 4.79 Å². The van der Waals surface area contributed by atoms with Gasteiger partial charge < -0.3 is 0 Å². The van der Waals surface area contributed by atoms with Gasteiger partial charge in [-0.2, -0.15) is 4.99 Å². The summed E-state index contributed by atoms with van der Waals surface area (Å²) in [7, 11) is 0. The summed E-state index contributed by atoms with van der Waals surface area (Å²) in [5.74, 6) is 0.535. The van der Waals surface area contributed by atoms with Gasteiger partial charge in [0.1, 0.15) is 0 Å². The molecule has 0 radical (unpaired) electrons. The summed E-state index contributed by atoms with van der Waals surface area (Å²) in [6, 6.07) is 0. The average molecular weight is 239 g/mol. The summed E-state index contributed by atoms with van der Waals surface area (Å²) in [5, 5.41) is 3.26. The smallest absolute Gasteiger partial charge is 0.239 e. The SMILES string of the molecule is C=CCN1C(=O)CS/C1=N\c1nccs1. The Morgan fingerprint density at radius 3 is 3.27 bits per heavy atom. The number of amides is 1. The number of thioether (sulfide) groups is 1. The molecule has 1 fully saturated rings. The maximum absolute atomic E-state index is 11.5. The van der Waals surface area contributed by atoms with E-state index in [0.29, 0.717) is 17.4 Å². The molecular weight excluding hydrogens is 230 g/mol. The average Bonchev–Trinajstić information content (AvgIpc) is 2.83. The molecule has 2 heterocycles. The van der Waals surface area contributed by atoms with Crippen molar-refractivity contribution in [1.29, 1.82) is 0 Å². The number of hydrogen-bond donors (Lipinski definition) is 0. The number of hydrogen-bond acceptors (Lipinski definition) is 5. The molecule has 1 saturated heterocycles. The van der Waals surface area contributed by atoms with Crippen LogP contribution in [0.1, 0.15) is 0 Å². The van der Waals surface area contributed by atoms with Crippen LogP contribution in [0.2, 0.25) is 0 Å². The normalized spacial score (nSPS) is 18.8. The zero-order valence-electron chi connectivity index (χ0n) is 7.92. The maximum atomic E-state index is 11.5. The molecule has 0 atom stereocenters. The number of carbonyl (C=O) groups excluding carboxylic acids is 1. The summed E-state index contributed by atoms with van der Waals surface area (Å²) in [6.45, 7) is 4.13. The van der Waals surface area contributed by atoms with E-state index >= 15 is 0 Å². The van der Waals surface area contributed by atoms with Crippen LogP contribution in [0.25, 0.3) is 0 Å². The number of aliphatic imine (C=N–C) groups is 1. The first-order valence-corrected chi connectivity index (χ1v) is 6.20. The van der Waals surface area contributed by atoms with E-state index < -0.39 is 0 Å². The molecule has 2 rings (SSSR count). The maximum Gasteiger partial charge on any atom is 0.239 e. The minimum absolute atomic E-state index is 0.0789. The van der Waals surface area contributed by atoms with Crippen molar-refractivity contribution < 1.29 is 4.79 Å². The highest BCUT2D eigenvalue weighted by Gasteiger charge is 2.27. The van der Waals surface area contributed by atoms with Gasteiger partial charge in [0.15, 0.2) is 5.17 Å².